The van der Waals surface area contributed by atoms with E-state index in [1.165, 1.54) is 6.07 Å². The molecule has 0 saturated heterocycles. The summed E-state index contributed by atoms with van der Waals surface area (Å²) in [6, 6.07) is 2.78. The summed E-state index contributed by atoms with van der Waals surface area (Å²) in [5.74, 6) is -2.68. The molecule has 156 valence electrons. The van der Waals surface area contributed by atoms with Crippen LogP contribution in [0, 0.1) is 17.6 Å². The summed E-state index contributed by atoms with van der Waals surface area (Å²) in [7, 11) is 0. The highest BCUT2D eigenvalue weighted by atomic mass is 19.2. The maximum Gasteiger partial charge on any atom is 0.272 e. The fourth-order valence-electron chi connectivity index (χ4n) is 3.70. The van der Waals surface area contributed by atoms with Crippen molar-refractivity contribution < 1.29 is 18.4 Å². The number of halogens is 2. The van der Waals surface area contributed by atoms with E-state index < -0.39 is 29.5 Å². The number of nitrogens with two attached hydrogens (primary N) is 1. The highest BCUT2D eigenvalue weighted by Crippen LogP contribution is 2.28. The van der Waals surface area contributed by atoms with E-state index >= 15 is 0 Å². The van der Waals surface area contributed by atoms with Gasteiger partial charge in [-0.05, 0) is 43.4 Å². The Morgan fingerprint density at radius 2 is 2.00 bits per heavy atom. The summed E-state index contributed by atoms with van der Waals surface area (Å²) in [4.78, 5) is 29.3. The first-order valence-electron chi connectivity index (χ1n) is 9.98. The average Bonchev–Trinajstić information content (AvgIpc) is 2.88. The number of rotatable bonds is 6. The number of primary amides is 1. The van der Waals surface area contributed by atoms with Crippen LogP contribution < -0.4 is 11.1 Å². The third-order valence-corrected chi connectivity index (χ3v) is 5.57. The Morgan fingerprint density at radius 3 is 2.66 bits per heavy atom. The minimum atomic E-state index is -0.968. The van der Waals surface area contributed by atoms with Gasteiger partial charge in [0.25, 0.3) is 5.91 Å². The topological polar surface area (TPSA) is 90.0 Å². The fourth-order valence-corrected chi connectivity index (χ4v) is 3.70. The van der Waals surface area contributed by atoms with Gasteiger partial charge < -0.3 is 15.6 Å². The van der Waals surface area contributed by atoms with Crippen LogP contribution in [0.2, 0.25) is 0 Å². The molecule has 1 aliphatic rings. The van der Waals surface area contributed by atoms with Crippen LogP contribution in [-0.2, 0) is 17.8 Å². The molecule has 1 aromatic carbocycles. The minimum Gasteiger partial charge on any atom is -0.368 e. The molecule has 0 aliphatic carbocycles. The van der Waals surface area contributed by atoms with Crippen molar-refractivity contribution >= 4 is 11.8 Å². The third-order valence-electron chi connectivity index (χ3n) is 5.57. The lowest BCUT2D eigenvalue weighted by Crippen LogP contribution is -2.48. The highest BCUT2D eigenvalue weighted by Gasteiger charge is 2.29. The van der Waals surface area contributed by atoms with Crippen LogP contribution in [0.3, 0.4) is 0 Å². The number of carbonyl (C=O) groups is 2. The Hall–Kier alpha value is -2.77. The Balaban J connectivity index is 2.02. The number of carbonyl (C=O) groups excluding carboxylic acids is 2. The van der Waals surface area contributed by atoms with Gasteiger partial charge in [0.15, 0.2) is 11.6 Å². The first-order valence-corrected chi connectivity index (χ1v) is 9.98. The summed E-state index contributed by atoms with van der Waals surface area (Å²) in [5.41, 5.74) is 6.83. The van der Waals surface area contributed by atoms with E-state index in [9.17, 15) is 18.4 Å². The third kappa shape index (κ3) is 4.31. The molecule has 1 aromatic heterocycles. The van der Waals surface area contributed by atoms with Gasteiger partial charge in [-0.2, -0.15) is 0 Å². The number of fused-ring (bicyclic) bond motifs is 1. The first kappa shape index (κ1) is 21.0. The summed E-state index contributed by atoms with van der Waals surface area (Å²) >= 11 is 0. The van der Waals surface area contributed by atoms with Gasteiger partial charge in [-0.1, -0.05) is 26.7 Å². The number of nitrogens with zero attached hydrogens (tertiary/aromatic N) is 2. The molecule has 2 amide bonds. The number of imidazole rings is 1. The average molecular weight is 404 g/mol. The molecule has 1 aliphatic heterocycles. The van der Waals surface area contributed by atoms with E-state index in [0.29, 0.717) is 30.8 Å². The van der Waals surface area contributed by atoms with Crippen molar-refractivity contribution in [2.45, 2.75) is 58.5 Å². The van der Waals surface area contributed by atoms with Crippen molar-refractivity contribution in [1.82, 2.24) is 14.9 Å². The van der Waals surface area contributed by atoms with Crippen molar-refractivity contribution in [1.29, 1.82) is 0 Å². The molecule has 2 atom stereocenters. The van der Waals surface area contributed by atoms with E-state index in [2.05, 4.69) is 10.3 Å². The van der Waals surface area contributed by atoms with Crippen LogP contribution >= 0.6 is 0 Å². The van der Waals surface area contributed by atoms with Gasteiger partial charge in [0.2, 0.25) is 5.91 Å². The van der Waals surface area contributed by atoms with Crippen molar-refractivity contribution in [3.63, 3.8) is 0 Å². The summed E-state index contributed by atoms with van der Waals surface area (Å²) in [6.07, 6.45) is 4.11. The second-order valence-electron chi connectivity index (χ2n) is 7.56. The second-order valence-corrected chi connectivity index (χ2v) is 7.56. The largest absolute Gasteiger partial charge is 0.368 e. The van der Waals surface area contributed by atoms with Gasteiger partial charge >= 0.3 is 0 Å². The normalized spacial score (nSPS) is 15.9. The van der Waals surface area contributed by atoms with Crippen LogP contribution in [-0.4, -0.2) is 27.4 Å². The molecule has 29 heavy (non-hydrogen) atoms. The fraction of sp³-hybridized carbons (Fsp3) is 0.476. The van der Waals surface area contributed by atoms with Crippen LogP contribution in [0.4, 0.5) is 8.78 Å². The Kier molecular flexibility index (Phi) is 6.30. The van der Waals surface area contributed by atoms with Gasteiger partial charge in [-0.3, -0.25) is 9.59 Å². The van der Waals surface area contributed by atoms with Crippen molar-refractivity contribution in [3.05, 3.63) is 41.2 Å². The second kappa shape index (κ2) is 8.71. The first-order chi connectivity index (χ1) is 13.8. The Morgan fingerprint density at radius 1 is 1.24 bits per heavy atom. The molecule has 2 heterocycles. The van der Waals surface area contributed by atoms with E-state index in [1.54, 1.807) is 0 Å². The summed E-state index contributed by atoms with van der Waals surface area (Å²) in [5, 5.41) is 2.72. The number of hydrogen-bond donors (Lipinski definition) is 2. The number of nitrogens with one attached hydrogen (secondary N) is 1. The molecule has 0 saturated carbocycles. The molecule has 8 heteroatoms. The van der Waals surface area contributed by atoms with Crippen LogP contribution in [0.5, 0.6) is 0 Å². The number of benzene rings is 1. The van der Waals surface area contributed by atoms with Gasteiger partial charge in [-0.15, -0.1) is 0 Å². The molecule has 0 spiro atoms. The molecule has 0 bridgehead atoms. The number of amides is 2. The monoisotopic (exact) mass is 404 g/mol. The lowest BCUT2D eigenvalue weighted by molar-refractivity contribution is -0.120. The highest BCUT2D eigenvalue weighted by molar-refractivity contribution is 5.97. The maximum atomic E-state index is 13.8. The van der Waals surface area contributed by atoms with E-state index in [1.807, 2.05) is 18.4 Å². The van der Waals surface area contributed by atoms with Crippen molar-refractivity contribution in [2.75, 3.05) is 0 Å². The molecule has 2 aromatic rings. The van der Waals surface area contributed by atoms with Gasteiger partial charge in [0.1, 0.15) is 17.6 Å². The van der Waals surface area contributed by atoms with Crippen molar-refractivity contribution in [3.8, 4) is 11.4 Å². The predicted octanol–water partition coefficient (Wildman–Crippen LogP) is 3.18. The molecule has 6 nitrogen and oxygen atoms in total. The molecule has 0 fully saturated rings. The van der Waals surface area contributed by atoms with Crippen molar-refractivity contribution in [2.24, 2.45) is 11.7 Å². The van der Waals surface area contributed by atoms with Crippen LogP contribution in [0.15, 0.2) is 18.2 Å². The maximum absolute atomic E-state index is 13.8. The van der Waals surface area contributed by atoms with Gasteiger partial charge in [-0.25, -0.2) is 13.8 Å². The molecule has 2 unspecified atom stereocenters. The van der Waals surface area contributed by atoms with Crippen LogP contribution in [0.1, 0.15) is 55.7 Å². The van der Waals surface area contributed by atoms with Gasteiger partial charge in [0.05, 0.1) is 5.69 Å². The zero-order valence-electron chi connectivity index (χ0n) is 16.7. The molecule has 3 rings (SSSR count). The zero-order chi connectivity index (χ0) is 21.1. The quantitative estimate of drug-likeness (QED) is 0.775. The Labute approximate surface area is 168 Å². The summed E-state index contributed by atoms with van der Waals surface area (Å²) < 4.78 is 29.1. The zero-order valence-corrected chi connectivity index (χ0v) is 16.7. The van der Waals surface area contributed by atoms with E-state index in [-0.39, 0.29) is 11.6 Å². The lowest BCUT2D eigenvalue weighted by atomic mass is 9.98. The Bertz CT molecular complexity index is 926. The predicted molar refractivity (Wildman–Crippen MR) is 105 cm³/mol. The lowest BCUT2D eigenvalue weighted by Gasteiger charge is -2.20. The standard InChI is InChI=1S/C21H26F2N4O2/c1-3-12(2)17(19(24)28)26-21(29)18-16-7-5-4-6-10-27(16)20(25-18)13-8-9-14(22)15(23)11-13/h8-9,11-12,17H,3-7,10H2,1-2H3,(H2,24,28)(H,26,29). The van der Waals surface area contributed by atoms with Crippen LogP contribution in [0.25, 0.3) is 11.4 Å². The molecular formula is C21H26F2N4O2. The molecular weight excluding hydrogens is 378 g/mol. The van der Waals surface area contributed by atoms with E-state index in [4.69, 9.17) is 5.73 Å². The van der Waals surface area contributed by atoms with E-state index in [0.717, 1.165) is 37.1 Å². The summed E-state index contributed by atoms with van der Waals surface area (Å²) in [6.45, 7) is 4.39. The minimum absolute atomic E-state index is 0.122. The SMILES string of the molecule is CCC(C)C(NC(=O)c1nc(-c2ccc(F)c(F)c2)n2c1CCCCC2)C(N)=O. The number of aromatic nitrogens is 2. The van der Waals surface area contributed by atoms with Gasteiger partial charge in [0, 0.05) is 12.1 Å². The number of hydrogen-bond acceptors (Lipinski definition) is 3. The molecule has 3 N–H and O–H groups in total. The molecule has 0 radical (unpaired) electrons. The smallest absolute Gasteiger partial charge is 0.272 e.